The lowest BCUT2D eigenvalue weighted by Gasteiger charge is -2.27. The van der Waals surface area contributed by atoms with Crippen LogP contribution in [0.3, 0.4) is 0 Å². The average Bonchev–Trinajstić information content (AvgIpc) is 2.81. The highest BCUT2D eigenvalue weighted by Crippen LogP contribution is 2.42. The Balaban J connectivity index is 1.62. The van der Waals surface area contributed by atoms with Crippen molar-refractivity contribution in [2.45, 2.75) is 23.7 Å². The summed E-state index contributed by atoms with van der Waals surface area (Å²) in [5, 5.41) is 2.33. The van der Waals surface area contributed by atoms with Crippen LogP contribution in [0.1, 0.15) is 33.2 Å². The number of aromatic nitrogens is 2. The van der Waals surface area contributed by atoms with Crippen LogP contribution < -0.4 is 14.8 Å². The number of hydrogen-bond donors (Lipinski definition) is 2. The molecular formula is C22H18ClF3N4O3S. The molecule has 2 aromatic carbocycles. The van der Waals surface area contributed by atoms with E-state index in [1.54, 1.807) is 36.4 Å². The zero-order chi connectivity index (χ0) is 24.3. The summed E-state index contributed by atoms with van der Waals surface area (Å²) in [6.07, 6.45) is -5.52. The van der Waals surface area contributed by atoms with Crippen LogP contribution >= 0.6 is 23.5 Å². The second-order valence-corrected chi connectivity index (χ2v) is 8.41. The van der Waals surface area contributed by atoms with Crippen LogP contribution in [-0.4, -0.2) is 29.6 Å². The minimum absolute atomic E-state index is 0.182. The van der Waals surface area contributed by atoms with Crippen molar-refractivity contribution in [1.82, 2.24) is 15.3 Å². The molecular weight excluding hydrogens is 493 g/mol. The zero-order valence-electron chi connectivity index (χ0n) is 17.6. The van der Waals surface area contributed by atoms with Gasteiger partial charge in [-0.15, -0.1) is 0 Å². The molecule has 12 heteroatoms. The quantitative estimate of drug-likeness (QED) is 0.263. The number of methoxy groups -OCH3 is 1. The summed E-state index contributed by atoms with van der Waals surface area (Å²) >= 11 is 6.92. The van der Waals surface area contributed by atoms with Gasteiger partial charge in [0.05, 0.1) is 12.7 Å². The summed E-state index contributed by atoms with van der Waals surface area (Å²) in [6.45, 7) is 0.883. The number of ether oxygens (including phenoxy) is 2. The van der Waals surface area contributed by atoms with Gasteiger partial charge < -0.3 is 14.8 Å². The molecule has 0 spiro atoms. The Morgan fingerprint density at radius 2 is 2.00 bits per heavy atom. The maximum Gasteiger partial charge on any atom is 0.424 e. The molecule has 1 unspecified atom stereocenters. The molecule has 0 fully saturated rings. The van der Waals surface area contributed by atoms with Crippen molar-refractivity contribution in [2.24, 2.45) is 0 Å². The Bertz CT molecular complexity index is 1210. The Kier molecular flexibility index (Phi) is 7.15. The van der Waals surface area contributed by atoms with Gasteiger partial charge in [-0.25, -0.2) is 4.79 Å². The van der Waals surface area contributed by atoms with Crippen LogP contribution in [-0.2, 0) is 17.5 Å². The number of anilines is 1. The number of hydrogen-bond acceptors (Lipinski definition) is 8. The van der Waals surface area contributed by atoms with E-state index in [0.717, 1.165) is 23.1 Å². The van der Waals surface area contributed by atoms with Gasteiger partial charge in [0.25, 0.3) is 0 Å². The van der Waals surface area contributed by atoms with Crippen LogP contribution in [0.25, 0.3) is 0 Å². The Morgan fingerprint density at radius 3 is 2.76 bits per heavy atom. The zero-order valence-corrected chi connectivity index (χ0v) is 19.2. The lowest BCUT2D eigenvalue weighted by Crippen LogP contribution is -2.32. The van der Waals surface area contributed by atoms with E-state index in [1.165, 1.54) is 7.11 Å². The summed E-state index contributed by atoms with van der Waals surface area (Å²) in [5.41, 5.74) is 0.757. The first-order chi connectivity index (χ1) is 16.3. The lowest BCUT2D eigenvalue weighted by atomic mass is 9.99. The Labute approximate surface area is 202 Å². The number of carbonyl (C=O) groups is 1. The highest BCUT2D eigenvalue weighted by molar-refractivity contribution is 8.00. The molecule has 1 aromatic heterocycles. The van der Waals surface area contributed by atoms with Crippen molar-refractivity contribution in [3.05, 3.63) is 75.9 Å². The maximum atomic E-state index is 13.8. The number of alkyl halides is 3. The van der Waals surface area contributed by atoms with E-state index in [4.69, 9.17) is 16.3 Å². The SMILES string of the molecule is COC(=O)c1cccc(SNc2nc(Cl)c(C(F)(F)F)c(OC3CNCc4ccccc43)n2)c1. The molecule has 0 saturated carbocycles. The number of rotatable bonds is 6. The molecule has 2 N–H and O–H groups in total. The van der Waals surface area contributed by atoms with E-state index < -0.39 is 34.8 Å². The average molecular weight is 511 g/mol. The largest absolute Gasteiger partial charge is 0.467 e. The van der Waals surface area contributed by atoms with Gasteiger partial charge in [-0.1, -0.05) is 41.9 Å². The first-order valence-corrected chi connectivity index (χ1v) is 11.2. The molecule has 0 saturated heterocycles. The van der Waals surface area contributed by atoms with E-state index in [2.05, 4.69) is 24.7 Å². The normalized spacial score (nSPS) is 15.4. The van der Waals surface area contributed by atoms with Gasteiger partial charge in [-0.05, 0) is 41.3 Å². The van der Waals surface area contributed by atoms with Crippen LogP contribution in [0.2, 0.25) is 5.15 Å². The Hall–Kier alpha value is -3.02. The Morgan fingerprint density at radius 1 is 1.21 bits per heavy atom. The standard InChI is InChI=1S/C22H18ClF3N4O3S/c1-32-20(31)12-6-4-7-14(9-12)34-30-21-28-18(23)17(22(24,25)26)19(29-21)33-16-11-27-10-13-5-2-3-8-15(13)16/h2-9,16,27H,10-11H2,1H3,(H,28,29,30). The van der Waals surface area contributed by atoms with Crippen LogP contribution in [0, 0.1) is 0 Å². The number of nitrogens with zero attached hydrogens (tertiary/aromatic N) is 2. The molecule has 4 rings (SSSR count). The number of benzene rings is 2. The van der Waals surface area contributed by atoms with Crippen molar-refractivity contribution < 1.29 is 27.4 Å². The molecule has 178 valence electrons. The summed E-state index contributed by atoms with van der Waals surface area (Å²) in [4.78, 5) is 20.0. The lowest BCUT2D eigenvalue weighted by molar-refractivity contribution is -0.139. The number of halogens is 4. The third-order valence-corrected chi connectivity index (χ3v) is 5.98. The molecule has 7 nitrogen and oxygen atoms in total. The smallest absolute Gasteiger partial charge is 0.424 e. The molecule has 34 heavy (non-hydrogen) atoms. The molecule has 1 aliphatic rings. The van der Waals surface area contributed by atoms with E-state index in [1.807, 2.05) is 12.1 Å². The first kappa shape index (κ1) is 24.1. The number of fused-ring (bicyclic) bond motifs is 1. The van der Waals surface area contributed by atoms with Crippen molar-refractivity contribution >= 4 is 35.5 Å². The summed E-state index contributed by atoms with van der Waals surface area (Å²) in [6, 6.07) is 13.8. The fourth-order valence-corrected chi connectivity index (χ4v) is 4.29. The fourth-order valence-electron chi connectivity index (χ4n) is 3.39. The molecule has 1 atom stereocenters. The van der Waals surface area contributed by atoms with Gasteiger partial charge in [-0.2, -0.15) is 23.1 Å². The number of carbonyl (C=O) groups excluding carboxylic acids is 1. The van der Waals surface area contributed by atoms with Gasteiger partial charge >= 0.3 is 12.1 Å². The molecule has 2 heterocycles. The monoisotopic (exact) mass is 510 g/mol. The van der Waals surface area contributed by atoms with Crippen molar-refractivity contribution in [2.75, 3.05) is 18.4 Å². The van der Waals surface area contributed by atoms with E-state index in [-0.39, 0.29) is 5.95 Å². The summed E-state index contributed by atoms with van der Waals surface area (Å²) in [7, 11) is 1.26. The highest BCUT2D eigenvalue weighted by atomic mass is 35.5. The number of nitrogens with one attached hydrogen (secondary N) is 2. The van der Waals surface area contributed by atoms with Crippen molar-refractivity contribution in [3.63, 3.8) is 0 Å². The molecule has 0 aliphatic carbocycles. The van der Waals surface area contributed by atoms with Crippen molar-refractivity contribution in [3.8, 4) is 5.88 Å². The van der Waals surface area contributed by atoms with E-state index in [0.29, 0.717) is 23.5 Å². The molecule has 0 amide bonds. The summed E-state index contributed by atoms with van der Waals surface area (Å²) < 4.78 is 54.5. The van der Waals surface area contributed by atoms with Crippen LogP contribution in [0.5, 0.6) is 5.88 Å². The van der Waals surface area contributed by atoms with Gasteiger partial charge in [-0.3, -0.25) is 4.72 Å². The minimum atomic E-state index is -4.82. The minimum Gasteiger partial charge on any atom is -0.467 e. The first-order valence-electron chi connectivity index (χ1n) is 9.97. The number of esters is 1. The highest BCUT2D eigenvalue weighted by Gasteiger charge is 2.40. The second kappa shape index (κ2) is 10.1. The molecule has 0 radical (unpaired) electrons. The topological polar surface area (TPSA) is 85.4 Å². The van der Waals surface area contributed by atoms with Gasteiger partial charge in [0, 0.05) is 18.0 Å². The molecule has 3 aromatic rings. The van der Waals surface area contributed by atoms with E-state index in [9.17, 15) is 18.0 Å². The van der Waals surface area contributed by atoms with Crippen LogP contribution in [0.15, 0.2) is 53.4 Å². The van der Waals surface area contributed by atoms with E-state index >= 15 is 0 Å². The maximum absolute atomic E-state index is 13.8. The second-order valence-electron chi connectivity index (χ2n) is 7.18. The third kappa shape index (κ3) is 5.37. The summed E-state index contributed by atoms with van der Waals surface area (Å²) in [5.74, 6) is -1.38. The van der Waals surface area contributed by atoms with Gasteiger partial charge in [0.1, 0.15) is 6.10 Å². The predicted octanol–water partition coefficient (Wildman–Crippen LogP) is 5.28. The van der Waals surface area contributed by atoms with Gasteiger partial charge in [0.2, 0.25) is 11.8 Å². The van der Waals surface area contributed by atoms with Crippen molar-refractivity contribution in [1.29, 1.82) is 0 Å². The molecule has 1 aliphatic heterocycles. The fraction of sp³-hybridized carbons (Fsp3) is 0.227. The predicted molar refractivity (Wildman–Crippen MR) is 121 cm³/mol. The molecule has 0 bridgehead atoms. The van der Waals surface area contributed by atoms with Crippen LogP contribution in [0.4, 0.5) is 19.1 Å². The third-order valence-electron chi connectivity index (χ3n) is 4.93. The van der Waals surface area contributed by atoms with Gasteiger partial charge in [0.15, 0.2) is 10.7 Å².